The number of fused-ring (bicyclic) bond motifs is 4. The molecule has 3 N–H and O–H groups in total. The molecular weight excluding hydrogens is 682 g/mol. The molecule has 14 heteroatoms. The van der Waals surface area contributed by atoms with Gasteiger partial charge in [0.15, 0.2) is 11.5 Å². The summed E-state index contributed by atoms with van der Waals surface area (Å²) in [6.07, 6.45) is 3.80. The normalized spacial score (nSPS) is 15.2. The fourth-order valence-corrected chi connectivity index (χ4v) is 6.21. The highest BCUT2D eigenvalue weighted by Gasteiger charge is 2.36. The van der Waals surface area contributed by atoms with E-state index in [1.54, 1.807) is 49.4 Å². The molecule has 3 atom stereocenters. The standard InChI is InChI=1S/C39H45N5O9/c1-23(41-35(45)12-8-9-13-36(46)52-5)37(47)42-24(2)38(48)43-28-15-25(21-50-3)14-26(16-28)22-53-34-19-31-30(18-33(34)51-4)39(49)44-29(20-40-31)17-27-10-6-7-11-32(27)44/h6-7,10-11,14-16,18-20,23-24,29H,8-9,12-13,17,21-22H2,1-5H3,(H,41,45)(H,42,47)(H,43,48)/t23-,24-,29?/m0/s1. The summed E-state index contributed by atoms with van der Waals surface area (Å²) in [4.78, 5) is 69.6. The number of rotatable bonds is 16. The maximum absolute atomic E-state index is 13.8. The van der Waals surface area contributed by atoms with Gasteiger partial charge in [0.25, 0.3) is 5.91 Å². The maximum atomic E-state index is 13.8. The van der Waals surface area contributed by atoms with Crippen LogP contribution in [0.2, 0.25) is 0 Å². The third-order valence-corrected chi connectivity index (χ3v) is 8.94. The Balaban J connectivity index is 1.21. The zero-order chi connectivity index (χ0) is 38.1. The minimum absolute atomic E-state index is 0.0849. The van der Waals surface area contributed by atoms with Gasteiger partial charge in [-0.15, -0.1) is 0 Å². The number of methoxy groups -OCH3 is 3. The fourth-order valence-electron chi connectivity index (χ4n) is 6.21. The topological polar surface area (TPSA) is 174 Å². The number of nitrogens with zero attached hydrogens (tertiary/aromatic N) is 2. The summed E-state index contributed by atoms with van der Waals surface area (Å²) < 4.78 is 21.8. The monoisotopic (exact) mass is 727 g/mol. The van der Waals surface area contributed by atoms with Crippen LogP contribution in [0.4, 0.5) is 17.1 Å². The second-order valence-electron chi connectivity index (χ2n) is 12.9. The Bertz CT molecular complexity index is 1890. The molecule has 2 aliphatic rings. The van der Waals surface area contributed by atoms with Crippen LogP contribution in [0.5, 0.6) is 11.5 Å². The first-order chi connectivity index (χ1) is 25.5. The van der Waals surface area contributed by atoms with Crippen LogP contribution in [0, 0.1) is 0 Å². The number of esters is 1. The van der Waals surface area contributed by atoms with Gasteiger partial charge in [-0.3, -0.25) is 33.9 Å². The Morgan fingerprint density at radius 2 is 1.58 bits per heavy atom. The van der Waals surface area contributed by atoms with Crippen molar-refractivity contribution in [3.8, 4) is 11.5 Å². The number of benzene rings is 3. The SMILES string of the molecule is COCc1cc(COc2cc3c(cc2OC)C(=O)N2c4ccccc4CC2C=N3)cc(NC(=O)[C@H](C)NC(=O)[C@H](C)NC(=O)CCCCC(=O)OC)c1. The van der Waals surface area contributed by atoms with E-state index in [9.17, 15) is 24.0 Å². The number of ether oxygens (including phenoxy) is 4. The number of amides is 4. The first-order valence-corrected chi connectivity index (χ1v) is 17.4. The number of carbonyl (C=O) groups is 5. The number of hydrogen-bond acceptors (Lipinski definition) is 10. The van der Waals surface area contributed by atoms with Gasteiger partial charge in [-0.2, -0.15) is 0 Å². The van der Waals surface area contributed by atoms with Crippen LogP contribution in [0.3, 0.4) is 0 Å². The van der Waals surface area contributed by atoms with Crippen LogP contribution in [0.25, 0.3) is 0 Å². The number of carbonyl (C=O) groups excluding carboxylic acids is 5. The van der Waals surface area contributed by atoms with Crippen LogP contribution in [-0.2, 0) is 48.3 Å². The molecule has 0 saturated heterocycles. The molecule has 0 saturated carbocycles. The van der Waals surface area contributed by atoms with Gasteiger partial charge in [0.05, 0.1) is 38.1 Å². The fraction of sp³-hybridized carbons (Fsp3) is 0.385. The van der Waals surface area contributed by atoms with Crippen molar-refractivity contribution >= 4 is 52.9 Å². The third kappa shape index (κ3) is 9.57. The van der Waals surface area contributed by atoms with Crippen molar-refractivity contribution in [1.82, 2.24) is 10.6 Å². The molecule has 0 spiro atoms. The molecule has 5 rings (SSSR count). The van der Waals surface area contributed by atoms with Gasteiger partial charge < -0.3 is 34.9 Å². The van der Waals surface area contributed by atoms with Crippen LogP contribution in [-0.4, -0.2) is 75.3 Å². The Morgan fingerprint density at radius 3 is 2.32 bits per heavy atom. The molecule has 2 aliphatic heterocycles. The van der Waals surface area contributed by atoms with Crippen molar-refractivity contribution in [3.05, 3.63) is 76.9 Å². The first kappa shape index (κ1) is 38.5. The molecule has 53 heavy (non-hydrogen) atoms. The lowest BCUT2D eigenvalue weighted by Gasteiger charge is -2.22. The number of para-hydroxylation sites is 1. The Hall–Kier alpha value is -5.76. The lowest BCUT2D eigenvalue weighted by molar-refractivity contribution is -0.140. The molecule has 3 aromatic rings. The zero-order valence-corrected chi connectivity index (χ0v) is 30.5. The van der Waals surface area contributed by atoms with Crippen molar-refractivity contribution < 1.29 is 42.9 Å². The van der Waals surface area contributed by atoms with Crippen molar-refractivity contribution in [1.29, 1.82) is 0 Å². The number of anilines is 2. The van der Waals surface area contributed by atoms with E-state index in [-0.39, 0.29) is 49.9 Å². The van der Waals surface area contributed by atoms with E-state index in [0.29, 0.717) is 53.3 Å². The molecule has 1 unspecified atom stereocenters. The summed E-state index contributed by atoms with van der Waals surface area (Å²) in [5.41, 5.74) is 4.79. The van der Waals surface area contributed by atoms with E-state index in [2.05, 4.69) is 25.7 Å². The summed E-state index contributed by atoms with van der Waals surface area (Å²) in [7, 11) is 4.37. The number of nitrogens with one attached hydrogen (secondary N) is 3. The largest absolute Gasteiger partial charge is 0.493 e. The van der Waals surface area contributed by atoms with Crippen LogP contribution >= 0.6 is 0 Å². The predicted octanol–water partition coefficient (Wildman–Crippen LogP) is 4.39. The average molecular weight is 728 g/mol. The Kier molecular flexibility index (Phi) is 12.8. The van der Waals surface area contributed by atoms with Crippen LogP contribution < -0.4 is 30.3 Å². The number of hydrogen-bond donors (Lipinski definition) is 3. The molecule has 0 aromatic heterocycles. The van der Waals surface area contributed by atoms with E-state index < -0.39 is 23.9 Å². The van der Waals surface area contributed by atoms with Gasteiger partial charge in [0.1, 0.15) is 18.7 Å². The summed E-state index contributed by atoms with van der Waals surface area (Å²) >= 11 is 0. The predicted molar refractivity (Wildman–Crippen MR) is 198 cm³/mol. The molecule has 0 fully saturated rings. The molecule has 3 aromatic carbocycles. The Labute approximate surface area is 308 Å². The highest BCUT2D eigenvalue weighted by Crippen LogP contribution is 2.41. The van der Waals surface area contributed by atoms with Crippen LogP contribution in [0.15, 0.2) is 59.6 Å². The van der Waals surface area contributed by atoms with Gasteiger partial charge >= 0.3 is 5.97 Å². The number of aliphatic imine (C=N–C) groups is 1. The molecule has 14 nitrogen and oxygen atoms in total. The zero-order valence-electron chi connectivity index (χ0n) is 30.5. The van der Waals surface area contributed by atoms with E-state index in [1.165, 1.54) is 21.1 Å². The van der Waals surface area contributed by atoms with Gasteiger partial charge in [-0.1, -0.05) is 18.2 Å². The summed E-state index contributed by atoms with van der Waals surface area (Å²) in [5, 5.41) is 8.08. The quantitative estimate of drug-likeness (QED) is 0.143. The van der Waals surface area contributed by atoms with Gasteiger partial charge in [-0.25, -0.2) is 0 Å². The lowest BCUT2D eigenvalue weighted by atomic mass is 10.1. The molecule has 4 amide bonds. The Morgan fingerprint density at radius 1 is 0.868 bits per heavy atom. The molecular formula is C39H45N5O9. The molecule has 0 bridgehead atoms. The van der Waals surface area contributed by atoms with E-state index >= 15 is 0 Å². The number of unbranched alkanes of at least 4 members (excludes halogenated alkanes) is 1. The van der Waals surface area contributed by atoms with Crippen LogP contribution in [0.1, 0.15) is 66.6 Å². The molecule has 2 heterocycles. The molecule has 0 radical (unpaired) electrons. The highest BCUT2D eigenvalue weighted by atomic mass is 16.5. The third-order valence-electron chi connectivity index (χ3n) is 8.94. The highest BCUT2D eigenvalue weighted by molar-refractivity contribution is 6.14. The average Bonchev–Trinajstić information content (AvgIpc) is 3.46. The van der Waals surface area contributed by atoms with Crippen molar-refractivity contribution in [2.75, 3.05) is 31.5 Å². The second-order valence-corrected chi connectivity index (χ2v) is 12.9. The summed E-state index contributed by atoms with van der Waals surface area (Å²) in [6.45, 7) is 3.42. The van der Waals surface area contributed by atoms with E-state index in [4.69, 9.17) is 14.2 Å². The van der Waals surface area contributed by atoms with Crippen molar-refractivity contribution in [2.45, 2.75) is 77.3 Å². The smallest absolute Gasteiger partial charge is 0.305 e. The minimum Gasteiger partial charge on any atom is -0.493 e. The summed E-state index contributed by atoms with van der Waals surface area (Å²) in [6, 6.07) is 14.6. The maximum Gasteiger partial charge on any atom is 0.305 e. The summed E-state index contributed by atoms with van der Waals surface area (Å²) in [5.74, 6) is -1.09. The van der Waals surface area contributed by atoms with E-state index in [1.807, 2.05) is 30.3 Å². The first-order valence-electron chi connectivity index (χ1n) is 17.4. The van der Waals surface area contributed by atoms with Gasteiger partial charge in [0, 0.05) is 50.0 Å². The van der Waals surface area contributed by atoms with Crippen molar-refractivity contribution in [3.63, 3.8) is 0 Å². The van der Waals surface area contributed by atoms with Gasteiger partial charge in [0.2, 0.25) is 17.7 Å². The lowest BCUT2D eigenvalue weighted by Crippen LogP contribution is -2.50. The second kappa shape index (κ2) is 17.6. The minimum atomic E-state index is -0.927. The van der Waals surface area contributed by atoms with Gasteiger partial charge in [-0.05, 0) is 73.7 Å². The molecule has 0 aliphatic carbocycles. The van der Waals surface area contributed by atoms with Crippen molar-refractivity contribution in [2.24, 2.45) is 4.99 Å². The van der Waals surface area contributed by atoms with E-state index in [0.717, 1.165) is 16.8 Å². The molecule has 280 valence electrons.